The average Bonchev–Trinajstić information content (AvgIpc) is 2.42. The first-order chi connectivity index (χ1) is 10.7. The van der Waals surface area contributed by atoms with E-state index >= 15 is 0 Å². The molecule has 124 valence electrons. The van der Waals surface area contributed by atoms with Crippen LogP contribution in [-0.4, -0.2) is 0 Å². The minimum absolute atomic E-state index is 0.554. The van der Waals surface area contributed by atoms with E-state index in [-0.39, 0.29) is 0 Å². The quantitative estimate of drug-likeness (QED) is 0.452. The predicted octanol–water partition coefficient (Wildman–Crippen LogP) is 7.30. The molecule has 0 bridgehead atoms. The van der Waals surface area contributed by atoms with Gasteiger partial charge in [-0.05, 0) is 59.6 Å². The van der Waals surface area contributed by atoms with E-state index in [1.165, 1.54) is 0 Å². The van der Waals surface area contributed by atoms with E-state index in [0.717, 1.165) is 11.1 Å². The molecule has 2 rings (SSSR count). The maximum atomic E-state index is 11.9. The molecule has 0 aliphatic heterocycles. The van der Waals surface area contributed by atoms with Gasteiger partial charge in [0.15, 0.2) is 0 Å². The molecule has 3 nitrogen and oxygen atoms in total. The van der Waals surface area contributed by atoms with Crippen LogP contribution >= 0.6 is 44.2 Å². The van der Waals surface area contributed by atoms with Gasteiger partial charge in [-0.15, -0.1) is 0 Å². The van der Waals surface area contributed by atoms with Crippen LogP contribution in [0.25, 0.3) is 0 Å². The topological polar surface area (TPSA) is 35.5 Å². The highest BCUT2D eigenvalue weighted by Gasteiger charge is 2.34. The lowest BCUT2D eigenvalue weighted by molar-refractivity contribution is 0.502. The SMILES string of the molecule is Cc1ccccc1OP(=S)(Oc1ccccc1C)SP(=O)(Cl)Cl. The van der Waals surface area contributed by atoms with Crippen molar-refractivity contribution in [3.05, 3.63) is 59.7 Å². The minimum Gasteiger partial charge on any atom is -0.428 e. The summed E-state index contributed by atoms with van der Waals surface area (Å²) in [7, 11) is 0. The molecule has 0 amide bonds. The van der Waals surface area contributed by atoms with Gasteiger partial charge in [-0.3, -0.25) is 4.57 Å². The number of hydrogen-bond acceptors (Lipinski definition) is 5. The Bertz CT molecular complexity index is 744. The first-order valence-electron chi connectivity index (χ1n) is 6.50. The van der Waals surface area contributed by atoms with Crippen LogP contribution in [0.1, 0.15) is 11.1 Å². The van der Waals surface area contributed by atoms with Crippen molar-refractivity contribution in [1.29, 1.82) is 0 Å². The van der Waals surface area contributed by atoms with Crippen LogP contribution in [0.4, 0.5) is 0 Å². The summed E-state index contributed by atoms with van der Waals surface area (Å²) >= 11 is 17.6. The summed E-state index contributed by atoms with van der Waals surface area (Å²) in [5, 5.41) is -3.54. The Morgan fingerprint density at radius 1 is 0.913 bits per heavy atom. The van der Waals surface area contributed by atoms with Crippen LogP contribution in [0.2, 0.25) is 0 Å². The lowest BCUT2D eigenvalue weighted by atomic mass is 10.2. The molecule has 0 radical (unpaired) electrons. The van der Waals surface area contributed by atoms with Crippen molar-refractivity contribution < 1.29 is 13.6 Å². The van der Waals surface area contributed by atoms with Gasteiger partial charge < -0.3 is 9.05 Å². The molecule has 0 N–H and O–H groups in total. The monoisotopic (exact) mass is 426 g/mol. The summed E-state index contributed by atoms with van der Waals surface area (Å²) in [5.74, 6) is 1.11. The molecule has 0 aliphatic rings. The van der Waals surface area contributed by atoms with Crippen molar-refractivity contribution in [2.45, 2.75) is 13.8 Å². The Balaban J connectivity index is 2.37. The number of halogens is 2. The molecule has 0 aromatic heterocycles. The van der Waals surface area contributed by atoms with Gasteiger partial charge in [0.1, 0.15) is 11.5 Å². The van der Waals surface area contributed by atoms with Crippen molar-refractivity contribution in [2.75, 3.05) is 0 Å². The zero-order chi connectivity index (χ0) is 17.1. The van der Waals surface area contributed by atoms with Crippen molar-refractivity contribution in [3.8, 4) is 11.5 Å². The van der Waals surface area contributed by atoms with E-state index < -0.39 is 10.7 Å². The molecular weight excluding hydrogens is 413 g/mol. The molecule has 0 aliphatic carbocycles. The average molecular weight is 427 g/mol. The second-order valence-corrected chi connectivity index (χ2v) is 18.6. The third kappa shape index (κ3) is 6.01. The minimum atomic E-state index is -3.54. The molecule has 0 saturated heterocycles. The zero-order valence-electron chi connectivity index (χ0n) is 12.3. The Morgan fingerprint density at radius 3 is 1.65 bits per heavy atom. The molecule has 23 heavy (non-hydrogen) atoms. The largest absolute Gasteiger partial charge is 0.428 e. The smallest absolute Gasteiger partial charge is 0.357 e. The summed E-state index contributed by atoms with van der Waals surface area (Å²) in [6, 6.07) is 14.7. The van der Waals surface area contributed by atoms with Crippen LogP contribution in [-0.2, 0) is 16.4 Å². The second kappa shape index (κ2) is 7.82. The van der Waals surface area contributed by atoms with Gasteiger partial charge in [0, 0.05) is 11.8 Å². The highest BCUT2D eigenvalue weighted by atomic mass is 35.9. The van der Waals surface area contributed by atoms with E-state index in [2.05, 4.69) is 0 Å². The van der Waals surface area contributed by atoms with Gasteiger partial charge in [-0.2, -0.15) is 0 Å². The van der Waals surface area contributed by atoms with Gasteiger partial charge in [-0.25, -0.2) is 0 Å². The van der Waals surface area contributed by atoms with Crippen molar-refractivity contribution >= 4 is 56.0 Å². The first kappa shape index (κ1) is 19.2. The van der Waals surface area contributed by atoms with Crippen molar-refractivity contribution in [1.82, 2.24) is 0 Å². The summed E-state index contributed by atoms with van der Waals surface area (Å²) in [6.07, 6.45) is 0. The van der Waals surface area contributed by atoms with E-state index in [1.54, 1.807) is 12.1 Å². The van der Waals surface area contributed by atoms with Crippen molar-refractivity contribution in [2.24, 2.45) is 0 Å². The number of hydrogen-bond donors (Lipinski definition) is 0. The Kier molecular flexibility index (Phi) is 6.52. The fourth-order valence-electron chi connectivity index (χ4n) is 1.73. The molecule has 0 spiro atoms. The summed E-state index contributed by atoms with van der Waals surface area (Å²) < 4.78 is 23.7. The van der Waals surface area contributed by atoms with E-state index in [4.69, 9.17) is 43.3 Å². The van der Waals surface area contributed by atoms with E-state index in [1.807, 2.05) is 50.2 Å². The van der Waals surface area contributed by atoms with Crippen molar-refractivity contribution in [3.63, 3.8) is 0 Å². The summed E-state index contributed by atoms with van der Waals surface area (Å²) in [5.41, 5.74) is -1.35. The molecule has 0 atom stereocenters. The molecule has 2 aromatic carbocycles. The fraction of sp³-hybridized carbons (Fsp3) is 0.143. The van der Waals surface area contributed by atoms with Gasteiger partial charge in [0.25, 0.3) is 0 Å². The lowest BCUT2D eigenvalue weighted by Gasteiger charge is -2.24. The Labute approximate surface area is 154 Å². The summed E-state index contributed by atoms with van der Waals surface area (Å²) in [6.45, 7) is 3.77. The molecule has 2 aromatic rings. The highest BCUT2D eigenvalue weighted by Crippen LogP contribution is 2.82. The maximum Gasteiger partial charge on any atom is 0.357 e. The van der Waals surface area contributed by atoms with Crippen LogP contribution in [0.3, 0.4) is 0 Å². The molecule has 0 heterocycles. The Hall–Kier alpha value is -0.150. The lowest BCUT2D eigenvalue weighted by Crippen LogP contribution is -1.99. The molecular formula is C14H14Cl2O3P2S2. The van der Waals surface area contributed by atoms with Crippen LogP contribution in [0, 0.1) is 13.8 Å². The van der Waals surface area contributed by atoms with Gasteiger partial charge in [0.05, 0.1) is 11.0 Å². The zero-order valence-corrected chi connectivity index (χ0v) is 17.2. The van der Waals surface area contributed by atoms with Crippen LogP contribution < -0.4 is 9.05 Å². The molecule has 0 saturated carbocycles. The van der Waals surface area contributed by atoms with Gasteiger partial charge >= 0.3 is 10.7 Å². The Morgan fingerprint density at radius 2 is 1.30 bits per heavy atom. The van der Waals surface area contributed by atoms with E-state index in [9.17, 15) is 4.57 Å². The standard InChI is InChI=1S/C14H14Cl2O3P2S2/c1-11-7-3-5-9-13(11)18-21(22,23-20(15,16)17)19-14-10-6-4-8-12(14)2/h3-10H,1-2H3. The predicted molar refractivity (Wildman–Crippen MR) is 105 cm³/mol. The normalized spacial score (nSPS) is 12.0. The number of para-hydroxylation sites is 2. The highest BCUT2D eigenvalue weighted by molar-refractivity contribution is 8.99. The number of rotatable bonds is 6. The third-order valence-electron chi connectivity index (χ3n) is 2.80. The van der Waals surface area contributed by atoms with E-state index in [0.29, 0.717) is 22.5 Å². The molecule has 0 fully saturated rings. The number of aryl methyl sites for hydroxylation is 2. The molecule has 0 unspecified atom stereocenters. The number of benzene rings is 2. The van der Waals surface area contributed by atoms with Gasteiger partial charge in [0.2, 0.25) is 0 Å². The first-order valence-corrected chi connectivity index (χ1v) is 14.7. The van der Waals surface area contributed by atoms with Crippen LogP contribution in [0.5, 0.6) is 11.5 Å². The summed E-state index contributed by atoms with van der Waals surface area (Å²) in [4.78, 5) is 0. The fourth-order valence-corrected chi connectivity index (χ4v) is 16.4. The second-order valence-electron chi connectivity index (χ2n) is 4.66. The third-order valence-corrected chi connectivity index (χ3v) is 14.7. The molecule has 9 heteroatoms. The maximum absolute atomic E-state index is 11.9. The van der Waals surface area contributed by atoms with Gasteiger partial charge in [-0.1, -0.05) is 36.4 Å². The van der Waals surface area contributed by atoms with Crippen LogP contribution in [0.15, 0.2) is 48.5 Å².